The third-order valence-electron chi connectivity index (χ3n) is 4.78. The average Bonchev–Trinajstić information content (AvgIpc) is 3.22. The summed E-state index contributed by atoms with van der Waals surface area (Å²) in [6.45, 7) is 5.94. The maximum Gasteiger partial charge on any atom is 0.225 e. The summed E-state index contributed by atoms with van der Waals surface area (Å²) < 4.78 is 13.0. The molecule has 1 aliphatic rings. The second kappa shape index (κ2) is 9.07. The van der Waals surface area contributed by atoms with E-state index in [9.17, 15) is 4.39 Å². The van der Waals surface area contributed by atoms with Crippen molar-refractivity contribution in [3.05, 3.63) is 53.9 Å². The number of piperazine rings is 1. The van der Waals surface area contributed by atoms with Crippen molar-refractivity contribution in [1.29, 1.82) is 0 Å². The largest absolute Gasteiger partial charge is 0.361 e. The van der Waals surface area contributed by atoms with Crippen molar-refractivity contribution in [2.45, 2.75) is 6.42 Å². The van der Waals surface area contributed by atoms with E-state index in [-0.39, 0.29) is 5.82 Å². The van der Waals surface area contributed by atoms with Crippen LogP contribution < -0.4 is 10.2 Å². The number of halogens is 1. The van der Waals surface area contributed by atoms with Gasteiger partial charge in [0.2, 0.25) is 5.95 Å². The lowest BCUT2D eigenvalue weighted by atomic mass is 10.2. The van der Waals surface area contributed by atoms with Gasteiger partial charge in [0, 0.05) is 56.1 Å². The molecule has 2 aromatic heterocycles. The molecule has 0 bridgehead atoms. The first-order chi connectivity index (χ1) is 13.8. The highest BCUT2D eigenvalue weighted by molar-refractivity contribution is 7.14. The van der Waals surface area contributed by atoms with E-state index >= 15 is 0 Å². The molecule has 1 N–H and O–H groups in total. The van der Waals surface area contributed by atoms with Crippen molar-refractivity contribution < 1.29 is 4.39 Å². The molecule has 28 heavy (non-hydrogen) atoms. The zero-order valence-corrected chi connectivity index (χ0v) is 16.4. The molecule has 1 aliphatic heterocycles. The van der Waals surface area contributed by atoms with Gasteiger partial charge < -0.3 is 10.2 Å². The smallest absolute Gasteiger partial charge is 0.225 e. The maximum atomic E-state index is 13.0. The summed E-state index contributed by atoms with van der Waals surface area (Å²) in [4.78, 5) is 18.0. The monoisotopic (exact) mass is 398 g/mol. The van der Waals surface area contributed by atoms with Gasteiger partial charge in [-0.15, -0.1) is 11.3 Å². The van der Waals surface area contributed by atoms with Crippen LogP contribution in [0, 0.1) is 5.82 Å². The van der Waals surface area contributed by atoms with Crippen LogP contribution in [0.5, 0.6) is 0 Å². The first kappa shape index (κ1) is 18.8. The van der Waals surface area contributed by atoms with Crippen LogP contribution in [0.1, 0.15) is 6.42 Å². The van der Waals surface area contributed by atoms with Crippen LogP contribution in [0.4, 0.5) is 15.5 Å². The minimum atomic E-state index is -0.227. The Morgan fingerprint density at radius 1 is 1.04 bits per heavy atom. The van der Waals surface area contributed by atoms with Crippen LogP contribution in [0.2, 0.25) is 0 Å². The molecule has 0 saturated carbocycles. The summed E-state index contributed by atoms with van der Waals surface area (Å²) in [5.41, 5.74) is 1.82. The molecule has 8 heteroatoms. The Hall–Kier alpha value is -2.58. The van der Waals surface area contributed by atoms with E-state index in [1.807, 2.05) is 11.4 Å². The van der Waals surface area contributed by atoms with Gasteiger partial charge in [0.05, 0.1) is 5.69 Å². The van der Waals surface area contributed by atoms with E-state index < -0.39 is 0 Å². The van der Waals surface area contributed by atoms with Crippen molar-refractivity contribution in [2.24, 2.45) is 0 Å². The summed E-state index contributed by atoms with van der Waals surface area (Å²) in [5, 5.41) is 6.30. The molecule has 146 valence electrons. The summed E-state index contributed by atoms with van der Waals surface area (Å²) in [6.07, 6.45) is 4.65. The molecule has 0 unspecified atom stereocenters. The number of thiazole rings is 1. The molecule has 1 fully saturated rings. The number of benzene rings is 1. The van der Waals surface area contributed by atoms with Gasteiger partial charge in [-0.1, -0.05) is 0 Å². The molecule has 0 amide bonds. The van der Waals surface area contributed by atoms with Crippen molar-refractivity contribution in [1.82, 2.24) is 19.9 Å². The summed E-state index contributed by atoms with van der Waals surface area (Å²) in [5.74, 6) is 0.596. The first-order valence-corrected chi connectivity index (χ1v) is 10.4. The maximum absolute atomic E-state index is 13.0. The number of anilines is 2. The summed E-state index contributed by atoms with van der Waals surface area (Å²) in [6, 6.07) is 8.29. The Balaban J connectivity index is 1.17. The normalized spacial score (nSPS) is 15.0. The minimum Gasteiger partial charge on any atom is -0.361 e. The fourth-order valence-electron chi connectivity index (χ4n) is 3.23. The number of rotatable bonds is 7. The molecule has 1 saturated heterocycles. The molecule has 4 rings (SSSR count). The van der Waals surface area contributed by atoms with E-state index in [2.05, 4.69) is 30.1 Å². The summed E-state index contributed by atoms with van der Waals surface area (Å²) in [7, 11) is 0. The quantitative estimate of drug-likeness (QED) is 0.616. The second-order valence-corrected chi connectivity index (χ2v) is 7.56. The SMILES string of the molecule is Fc1ccc(-c2csc(NCCCN3CCN(c4ncccn4)CC3)n2)cc1. The molecule has 0 spiro atoms. The molecular formula is C20H23FN6S. The molecule has 0 aliphatic carbocycles. The van der Waals surface area contributed by atoms with Crippen LogP contribution in [0.3, 0.4) is 0 Å². The minimum absolute atomic E-state index is 0.227. The number of nitrogens with zero attached hydrogens (tertiary/aromatic N) is 5. The van der Waals surface area contributed by atoms with Crippen LogP contribution >= 0.6 is 11.3 Å². The van der Waals surface area contributed by atoms with E-state index in [1.165, 1.54) is 12.1 Å². The van der Waals surface area contributed by atoms with Gasteiger partial charge in [-0.3, -0.25) is 4.90 Å². The number of hydrogen-bond acceptors (Lipinski definition) is 7. The van der Waals surface area contributed by atoms with Gasteiger partial charge in [0.25, 0.3) is 0 Å². The van der Waals surface area contributed by atoms with E-state index in [0.29, 0.717) is 0 Å². The standard InChI is InChI=1S/C20H23FN6S/c21-17-5-3-16(4-6-17)18-15-28-20(25-18)24-9-2-10-26-11-13-27(14-12-26)19-22-7-1-8-23-19/h1,3-8,15H,2,9-14H2,(H,24,25). The van der Waals surface area contributed by atoms with Crippen LogP contribution in [0.25, 0.3) is 11.3 Å². The molecule has 1 aromatic carbocycles. The lowest BCUT2D eigenvalue weighted by molar-refractivity contribution is 0.256. The Morgan fingerprint density at radius 2 is 1.79 bits per heavy atom. The highest BCUT2D eigenvalue weighted by atomic mass is 32.1. The average molecular weight is 399 g/mol. The number of nitrogens with one attached hydrogen (secondary N) is 1. The molecular weight excluding hydrogens is 375 g/mol. The van der Waals surface area contributed by atoms with Crippen LogP contribution in [0.15, 0.2) is 48.1 Å². The van der Waals surface area contributed by atoms with Crippen LogP contribution in [-0.4, -0.2) is 59.1 Å². The van der Waals surface area contributed by atoms with Crippen molar-refractivity contribution in [3.8, 4) is 11.3 Å². The van der Waals surface area contributed by atoms with Crippen LogP contribution in [-0.2, 0) is 0 Å². The molecule has 0 atom stereocenters. The van der Waals surface area contributed by atoms with Gasteiger partial charge in [-0.2, -0.15) is 0 Å². The Morgan fingerprint density at radius 3 is 2.54 bits per heavy atom. The zero-order valence-electron chi connectivity index (χ0n) is 15.6. The number of hydrogen-bond donors (Lipinski definition) is 1. The zero-order chi connectivity index (χ0) is 19.2. The Bertz CT molecular complexity index is 862. The van der Waals surface area contributed by atoms with Crippen molar-refractivity contribution in [2.75, 3.05) is 49.5 Å². The predicted octanol–water partition coefficient (Wildman–Crippen LogP) is 3.36. The van der Waals surface area contributed by atoms with Gasteiger partial charge in [-0.25, -0.2) is 19.3 Å². The molecule has 3 aromatic rings. The number of aromatic nitrogens is 3. The summed E-state index contributed by atoms with van der Waals surface area (Å²) >= 11 is 1.58. The highest BCUT2D eigenvalue weighted by Gasteiger charge is 2.18. The van der Waals surface area contributed by atoms with Gasteiger partial charge in [0.15, 0.2) is 5.13 Å². The molecule has 6 nitrogen and oxygen atoms in total. The molecule has 3 heterocycles. The van der Waals surface area contributed by atoms with Crippen molar-refractivity contribution >= 4 is 22.4 Å². The second-order valence-electron chi connectivity index (χ2n) is 6.70. The first-order valence-electron chi connectivity index (χ1n) is 9.47. The topological polar surface area (TPSA) is 57.2 Å². The van der Waals surface area contributed by atoms with Gasteiger partial charge in [-0.05, 0) is 43.3 Å². The van der Waals surface area contributed by atoms with Gasteiger partial charge in [0.1, 0.15) is 5.82 Å². The Kier molecular flexibility index (Phi) is 6.08. The van der Waals surface area contributed by atoms with E-state index in [4.69, 9.17) is 0 Å². The van der Waals surface area contributed by atoms with Gasteiger partial charge >= 0.3 is 0 Å². The van der Waals surface area contributed by atoms with E-state index in [0.717, 1.165) is 68.0 Å². The lowest BCUT2D eigenvalue weighted by Gasteiger charge is -2.34. The fraction of sp³-hybridized carbons (Fsp3) is 0.350. The molecule has 0 radical (unpaired) electrons. The third-order valence-corrected chi connectivity index (χ3v) is 5.58. The lowest BCUT2D eigenvalue weighted by Crippen LogP contribution is -2.47. The predicted molar refractivity (Wildman–Crippen MR) is 111 cm³/mol. The third kappa shape index (κ3) is 4.82. The Labute approximate surface area is 168 Å². The van der Waals surface area contributed by atoms with E-state index in [1.54, 1.807) is 35.9 Å². The van der Waals surface area contributed by atoms with Crippen molar-refractivity contribution in [3.63, 3.8) is 0 Å². The fourth-order valence-corrected chi connectivity index (χ4v) is 3.98. The highest BCUT2D eigenvalue weighted by Crippen LogP contribution is 2.25.